The number of halogens is 2. The summed E-state index contributed by atoms with van der Waals surface area (Å²) in [7, 11) is -4.62. The first-order valence-electron chi connectivity index (χ1n) is 9.97. The van der Waals surface area contributed by atoms with E-state index in [2.05, 4.69) is 41.9 Å². The van der Waals surface area contributed by atoms with Gasteiger partial charge in [-0.3, -0.25) is 5.32 Å². The summed E-state index contributed by atoms with van der Waals surface area (Å²) in [6.45, 7) is 3.82. The fraction of sp³-hybridized carbons (Fsp3) is 0.350. The van der Waals surface area contributed by atoms with Crippen molar-refractivity contribution in [3.05, 3.63) is 57.0 Å². The Bertz CT molecular complexity index is 1090. The van der Waals surface area contributed by atoms with E-state index in [4.69, 9.17) is 4.74 Å². The summed E-state index contributed by atoms with van der Waals surface area (Å²) in [6.07, 6.45) is -0.226. The topological polar surface area (TPSA) is 108 Å². The number of nitrogens with zero attached hydrogens (tertiary/aromatic N) is 1. The van der Waals surface area contributed by atoms with Crippen molar-refractivity contribution in [1.82, 2.24) is 9.53 Å². The molecular weight excluding hydrogens is 565 g/mol. The lowest BCUT2D eigenvalue weighted by Gasteiger charge is -2.24. The maximum Gasteiger partial charge on any atom is 0.411 e. The summed E-state index contributed by atoms with van der Waals surface area (Å²) in [4.78, 5) is 14.0. The number of benzene rings is 2. The molecule has 0 bridgehead atoms. The molecule has 1 fully saturated rings. The number of aryl methyl sites for hydroxylation is 1. The highest BCUT2D eigenvalue weighted by Gasteiger charge is 2.38. The fourth-order valence-corrected chi connectivity index (χ4v) is 6.41. The number of nitrogens with one attached hydrogen (secondary N) is 2. The Morgan fingerprint density at radius 3 is 2.72 bits per heavy atom. The van der Waals surface area contributed by atoms with E-state index in [0.29, 0.717) is 21.1 Å². The second kappa shape index (κ2) is 10.7. The third-order valence-electron chi connectivity index (χ3n) is 5.11. The lowest BCUT2D eigenvalue weighted by atomic mass is 9.84. The molecule has 1 amide bonds. The average molecular weight is 589 g/mol. The van der Waals surface area contributed by atoms with Crippen LogP contribution in [0.2, 0.25) is 6.82 Å². The highest BCUT2D eigenvalue weighted by Crippen LogP contribution is 2.27. The first-order valence-corrected chi connectivity index (χ1v) is 13.0. The van der Waals surface area contributed by atoms with Crippen molar-refractivity contribution in [1.29, 1.82) is 0 Å². The van der Waals surface area contributed by atoms with Crippen LogP contribution in [-0.4, -0.2) is 56.6 Å². The Kier molecular flexibility index (Phi) is 8.39. The molecule has 172 valence electrons. The van der Waals surface area contributed by atoms with Crippen molar-refractivity contribution in [2.24, 2.45) is 0 Å². The van der Waals surface area contributed by atoms with Crippen molar-refractivity contribution < 1.29 is 23.0 Å². The third kappa shape index (κ3) is 6.55. The molecule has 1 saturated heterocycles. The first kappa shape index (κ1) is 25.2. The van der Waals surface area contributed by atoms with Gasteiger partial charge in [0.1, 0.15) is 6.61 Å². The molecule has 32 heavy (non-hydrogen) atoms. The van der Waals surface area contributed by atoms with Crippen LogP contribution in [0.4, 0.5) is 10.5 Å². The van der Waals surface area contributed by atoms with E-state index in [1.54, 1.807) is 29.8 Å². The van der Waals surface area contributed by atoms with Crippen LogP contribution >= 0.6 is 31.9 Å². The number of anilines is 1. The van der Waals surface area contributed by atoms with Gasteiger partial charge in [0.25, 0.3) is 0 Å². The van der Waals surface area contributed by atoms with Crippen LogP contribution in [0.25, 0.3) is 0 Å². The Hall–Kier alpha value is -1.44. The zero-order valence-electron chi connectivity index (χ0n) is 17.6. The second-order valence-electron chi connectivity index (χ2n) is 7.70. The molecule has 0 saturated carbocycles. The largest absolute Gasteiger partial charge is 0.448 e. The molecule has 1 aliphatic heterocycles. The minimum atomic E-state index is -3.80. The van der Waals surface area contributed by atoms with Crippen molar-refractivity contribution in [2.45, 2.75) is 37.1 Å². The van der Waals surface area contributed by atoms with Gasteiger partial charge in [0.15, 0.2) is 0 Å². The summed E-state index contributed by atoms with van der Waals surface area (Å²) in [5.41, 5.74) is 1.63. The van der Waals surface area contributed by atoms with Gasteiger partial charge in [0.05, 0.1) is 4.90 Å². The van der Waals surface area contributed by atoms with Gasteiger partial charge in [-0.05, 0) is 72.0 Å². The molecule has 0 aliphatic carbocycles. The number of carbonyl (C=O) groups excluding carboxylic acids is 1. The van der Waals surface area contributed by atoms with E-state index < -0.39 is 29.2 Å². The number of hydrogen-bond donors (Lipinski definition) is 3. The highest BCUT2D eigenvalue weighted by atomic mass is 79.9. The van der Waals surface area contributed by atoms with Crippen molar-refractivity contribution in [3.8, 4) is 0 Å². The number of ether oxygens (including phenoxy) is 1. The molecule has 0 aromatic heterocycles. The highest BCUT2D eigenvalue weighted by molar-refractivity contribution is 9.11. The van der Waals surface area contributed by atoms with Crippen LogP contribution in [0.1, 0.15) is 12.0 Å². The monoisotopic (exact) mass is 587 g/mol. The molecule has 2 aromatic carbocycles. The van der Waals surface area contributed by atoms with E-state index >= 15 is 0 Å². The maximum absolute atomic E-state index is 12.9. The number of amides is 1. The van der Waals surface area contributed by atoms with Crippen LogP contribution in [0.15, 0.2) is 56.3 Å². The minimum absolute atomic E-state index is 0.0152. The summed E-state index contributed by atoms with van der Waals surface area (Å²) in [5, 5.41) is 12.8. The Labute approximate surface area is 205 Å². The molecule has 1 heterocycles. The third-order valence-corrected chi connectivity index (χ3v) is 8.12. The zero-order valence-corrected chi connectivity index (χ0v) is 21.6. The Balaban J connectivity index is 1.63. The molecule has 2 aromatic rings. The van der Waals surface area contributed by atoms with Gasteiger partial charge in [-0.2, -0.15) is 0 Å². The number of carbonyl (C=O) groups is 1. The molecule has 0 spiro atoms. The van der Waals surface area contributed by atoms with Crippen LogP contribution in [-0.2, 0) is 14.8 Å². The summed E-state index contributed by atoms with van der Waals surface area (Å²) >= 11 is 6.57. The van der Waals surface area contributed by atoms with Gasteiger partial charge in [-0.15, -0.1) is 0 Å². The molecule has 3 rings (SSSR count). The zero-order chi connectivity index (χ0) is 23.5. The van der Waals surface area contributed by atoms with Gasteiger partial charge in [0.2, 0.25) is 10.0 Å². The molecule has 12 heteroatoms. The van der Waals surface area contributed by atoms with E-state index in [1.165, 1.54) is 6.07 Å². The van der Waals surface area contributed by atoms with Gasteiger partial charge in [-0.1, -0.05) is 28.1 Å². The molecular formula is C20H24BBr2N3O5S. The second-order valence-corrected chi connectivity index (χ2v) is 11.2. The predicted octanol–water partition coefficient (Wildman–Crippen LogP) is 3.60. The molecule has 1 aliphatic rings. The lowest BCUT2D eigenvalue weighted by molar-refractivity contribution is 0.135. The fourth-order valence-electron chi connectivity index (χ4n) is 3.66. The summed E-state index contributed by atoms with van der Waals surface area (Å²) in [5.74, 6) is 0. The number of hydrogen-bond acceptors (Lipinski definition) is 6. The SMILES string of the molecule is CB(O)N1C[C@H](NS(=O)(=O)c2cc(Br)ccc2Br)C[C@@H]1COC(=O)Nc1cccc(C)c1. The van der Waals surface area contributed by atoms with E-state index in [-0.39, 0.29) is 24.1 Å². The standard InChI is InChI=1S/C20H24BBr2N3O5S/c1-13-4-3-5-15(8-13)24-20(27)31-12-17-10-16(11-26(17)21(2)28)25-32(29,30)19-9-14(22)6-7-18(19)23/h3-9,16-17,25,28H,10-12H2,1-2H3,(H,24,27)/t16-,17-/m1/s1. The van der Waals surface area contributed by atoms with Crippen LogP contribution in [0, 0.1) is 6.92 Å². The van der Waals surface area contributed by atoms with Gasteiger partial charge < -0.3 is 14.6 Å². The van der Waals surface area contributed by atoms with Crippen LogP contribution in [0.5, 0.6) is 0 Å². The molecule has 2 atom stereocenters. The Morgan fingerprint density at radius 1 is 1.28 bits per heavy atom. The normalized spacial score (nSPS) is 19.0. The molecule has 3 N–H and O–H groups in total. The summed E-state index contributed by atoms with van der Waals surface area (Å²) < 4.78 is 35.0. The number of sulfonamides is 1. The quantitative estimate of drug-likeness (QED) is 0.427. The minimum Gasteiger partial charge on any atom is -0.448 e. The van der Waals surface area contributed by atoms with E-state index in [0.717, 1.165) is 5.56 Å². The van der Waals surface area contributed by atoms with Crippen LogP contribution < -0.4 is 10.0 Å². The number of rotatable bonds is 7. The average Bonchev–Trinajstić information content (AvgIpc) is 3.10. The molecule has 0 radical (unpaired) electrons. The van der Waals surface area contributed by atoms with Gasteiger partial charge in [-0.25, -0.2) is 17.9 Å². The maximum atomic E-state index is 12.9. The lowest BCUT2D eigenvalue weighted by Crippen LogP contribution is -2.44. The van der Waals surface area contributed by atoms with E-state index in [9.17, 15) is 18.2 Å². The molecule has 8 nitrogen and oxygen atoms in total. The van der Waals surface area contributed by atoms with Crippen LogP contribution in [0.3, 0.4) is 0 Å². The van der Waals surface area contributed by atoms with Gasteiger partial charge >= 0.3 is 13.1 Å². The van der Waals surface area contributed by atoms with E-state index in [1.807, 2.05) is 25.1 Å². The smallest absolute Gasteiger partial charge is 0.411 e. The first-order chi connectivity index (χ1) is 15.0. The van der Waals surface area contributed by atoms with Crippen molar-refractivity contribution in [2.75, 3.05) is 18.5 Å². The van der Waals surface area contributed by atoms with Gasteiger partial charge in [0, 0.05) is 33.3 Å². The summed E-state index contributed by atoms with van der Waals surface area (Å²) in [6, 6.07) is 11.5. The Morgan fingerprint density at radius 2 is 2.03 bits per heavy atom. The predicted molar refractivity (Wildman–Crippen MR) is 131 cm³/mol. The van der Waals surface area contributed by atoms with Crippen molar-refractivity contribution in [3.63, 3.8) is 0 Å². The molecule has 0 unspecified atom stereocenters. The van der Waals surface area contributed by atoms with Crippen molar-refractivity contribution >= 4 is 60.7 Å².